The molecule has 12 nitrogen and oxygen atoms in total. The maximum atomic E-state index is 8.98. The summed E-state index contributed by atoms with van der Waals surface area (Å²) in [5.74, 6) is 2.43. The largest absolute Gasteiger partial charge is 0.396 e. The Kier molecular flexibility index (Phi) is 11.5. The van der Waals surface area contributed by atoms with Crippen molar-refractivity contribution >= 4 is 46.1 Å². The molecular weight excluding hydrogens is 559 g/mol. The fraction of sp³-hybridized carbons (Fsp3) is 0.417. The van der Waals surface area contributed by atoms with E-state index in [1.165, 1.54) is 21.6 Å². The third kappa shape index (κ3) is 9.18. The Labute approximate surface area is 239 Å². The molecular formula is C24H35N9O3S3+2. The van der Waals surface area contributed by atoms with Crippen LogP contribution in [0.25, 0.3) is 0 Å². The standard InChI is InChI=1S/2C12H17N4OS.HNOS/c2*1-8-11(3-4-17)18-7-16(8)6-10-5-14-9(2)15-12(10)13;1-2-3-1/h2*5,7,17H,3-4,6H2,1-2H3,(H2,13,14,15);1H/q2*+1;. The van der Waals surface area contributed by atoms with E-state index in [-0.39, 0.29) is 13.2 Å². The minimum atomic E-state index is 0.178. The Morgan fingerprint density at radius 3 is 1.49 bits per heavy atom. The fourth-order valence-electron chi connectivity index (χ4n) is 3.53. The number of hydrogen-bond acceptors (Lipinski definition) is 12. The highest BCUT2D eigenvalue weighted by Crippen LogP contribution is 2.15. The Morgan fingerprint density at radius 2 is 1.18 bits per heavy atom. The second-order valence-electron chi connectivity index (χ2n) is 8.57. The number of nitrogen functional groups attached to an aromatic ring is 2. The van der Waals surface area contributed by atoms with Crippen molar-refractivity contribution < 1.29 is 23.3 Å². The lowest BCUT2D eigenvalue weighted by Crippen LogP contribution is -2.35. The molecule has 7 N–H and O–H groups in total. The number of aliphatic hydroxyl groups excluding tert-OH is 2. The molecule has 0 fully saturated rings. The summed E-state index contributed by atoms with van der Waals surface area (Å²) in [6, 6.07) is 0. The average molecular weight is 594 g/mol. The van der Waals surface area contributed by atoms with Crippen molar-refractivity contribution in [3.05, 3.63) is 67.3 Å². The summed E-state index contributed by atoms with van der Waals surface area (Å²) in [6.45, 7) is 9.43. The van der Waals surface area contributed by atoms with Gasteiger partial charge in [-0.1, -0.05) is 22.7 Å². The van der Waals surface area contributed by atoms with Crippen molar-refractivity contribution in [2.24, 2.45) is 0 Å². The Balaban J connectivity index is 0.000000194. The van der Waals surface area contributed by atoms with Crippen LogP contribution in [0.1, 0.15) is 43.9 Å². The van der Waals surface area contributed by atoms with E-state index in [0.29, 0.717) is 49.2 Å². The van der Waals surface area contributed by atoms with Gasteiger partial charge in [0.05, 0.1) is 20.9 Å². The molecule has 5 aromatic heterocycles. The van der Waals surface area contributed by atoms with Crippen LogP contribution in [0.15, 0.2) is 27.4 Å². The van der Waals surface area contributed by atoms with Crippen molar-refractivity contribution in [1.29, 1.82) is 0 Å². The average Bonchev–Trinajstić information content (AvgIpc) is 3.70. The molecule has 210 valence electrons. The quantitative estimate of drug-likeness (QED) is 0.168. The molecule has 0 aliphatic carbocycles. The summed E-state index contributed by atoms with van der Waals surface area (Å²) in [7, 11) is 0. The lowest BCUT2D eigenvalue weighted by atomic mass is 10.2. The Bertz CT molecular complexity index is 1330. The lowest BCUT2D eigenvalue weighted by Gasteiger charge is -2.01. The molecule has 5 aromatic rings. The number of thiazole rings is 2. The number of rotatable bonds is 8. The first-order valence-corrected chi connectivity index (χ1v) is 14.6. The van der Waals surface area contributed by atoms with Gasteiger partial charge in [-0.3, -0.25) is 3.96 Å². The number of hydrogen-bond donors (Lipinski definition) is 5. The minimum Gasteiger partial charge on any atom is -0.396 e. The van der Waals surface area contributed by atoms with Gasteiger partial charge in [-0.25, -0.2) is 19.9 Å². The first kappa shape index (κ1) is 30.3. The lowest BCUT2D eigenvalue weighted by molar-refractivity contribution is -0.689. The Hall–Kier alpha value is -3.24. The van der Waals surface area contributed by atoms with E-state index < -0.39 is 0 Å². The normalized spacial score (nSPS) is 10.6. The molecule has 0 bridgehead atoms. The van der Waals surface area contributed by atoms with E-state index in [1.807, 2.05) is 38.7 Å². The van der Waals surface area contributed by atoms with Gasteiger partial charge in [0.1, 0.15) is 23.3 Å². The van der Waals surface area contributed by atoms with E-state index in [2.05, 4.69) is 37.6 Å². The number of anilines is 2. The summed E-state index contributed by atoms with van der Waals surface area (Å²) in [5.41, 5.74) is 20.0. The summed E-state index contributed by atoms with van der Waals surface area (Å²) in [6.07, 6.45) is 4.94. The first-order valence-electron chi connectivity index (χ1n) is 12.1. The van der Waals surface area contributed by atoms with Crippen LogP contribution in [0.4, 0.5) is 11.6 Å². The van der Waals surface area contributed by atoms with Gasteiger partial charge in [0.2, 0.25) is 11.0 Å². The minimum absolute atomic E-state index is 0.178. The third-order valence-corrected chi connectivity index (χ3v) is 8.25. The Morgan fingerprint density at radius 1 is 0.795 bits per heavy atom. The van der Waals surface area contributed by atoms with E-state index >= 15 is 0 Å². The van der Waals surface area contributed by atoms with Gasteiger partial charge in [-0.2, -0.15) is 9.13 Å². The number of nitrogens with zero attached hydrogens (tertiary/aromatic N) is 6. The van der Waals surface area contributed by atoms with Gasteiger partial charge in [0, 0.05) is 52.3 Å². The number of aromatic nitrogens is 7. The summed E-state index contributed by atoms with van der Waals surface area (Å²) < 4.78 is 10.8. The molecule has 0 aromatic carbocycles. The van der Waals surface area contributed by atoms with Crippen molar-refractivity contribution in [2.45, 2.75) is 53.6 Å². The molecule has 0 saturated heterocycles. The zero-order valence-electron chi connectivity index (χ0n) is 22.4. The molecule has 0 unspecified atom stereocenters. The highest BCUT2D eigenvalue weighted by atomic mass is 32.1. The van der Waals surface area contributed by atoms with E-state index in [9.17, 15) is 0 Å². The van der Waals surface area contributed by atoms with Crippen molar-refractivity contribution in [3.63, 3.8) is 0 Å². The molecule has 0 radical (unpaired) electrons. The maximum Gasteiger partial charge on any atom is 0.225 e. The molecule has 0 aliphatic rings. The van der Waals surface area contributed by atoms with E-state index in [0.717, 1.165) is 22.5 Å². The zero-order chi connectivity index (χ0) is 28.4. The molecule has 5 rings (SSSR count). The molecule has 0 saturated carbocycles. The van der Waals surface area contributed by atoms with Crippen LogP contribution < -0.4 is 20.6 Å². The van der Waals surface area contributed by atoms with Crippen LogP contribution in [0, 0.1) is 27.7 Å². The zero-order valence-corrected chi connectivity index (χ0v) is 24.9. The highest BCUT2D eigenvalue weighted by molar-refractivity contribution is 7.09. The topological polar surface area (TPSA) is 181 Å². The van der Waals surface area contributed by atoms with Crippen molar-refractivity contribution in [2.75, 3.05) is 24.7 Å². The molecule has 39 heavy (non-hydrogen) atoms. The van der Waals surface area contributed by atoms with Gasteiger partial charge in [-0.15, -0.1) is 4.55 Å². The predicted molar refractivity (Wildman–Crippen MR) is 152 cm³/mol. The number of H-pyrrole nitrogens is 1. The van der Waals surface area contributed by atoms with E-state index in [1.54, 1.807) is 35.1 Å². The van der Waals surface area contributed by atoms with Crippen LogP contribution in [0.5, 0.6) is 0 Å². The van der Waals surface area contributed by atoms with Gasteiger partial charge in [0.25, 0.3) is 0 Å². The van der Waals surface area contributed by atoms with Crippen LogP contribution in [-0.4, -0.2) is 47.9 Å². The highest BCUT2D eigenvalue weighted by Gasteiger charge is 2.18. The number of aryl methyl sites for hydroxylation is 2. The van der Waals surface area contributed by atoms with Crippen LogP contribution in [0.3, 0.4) is 0 Å². The van der Waals surface area contributed by atoms with Gasteiger partial charge in [0.15, 0.2) is 36.3 Å². The number of nitrogens with one attached hydrogen (secondary N) is 1. The SMILES string of the molecule is Cc1ncc(C[n+]2csc(CCO)c2C)c(N)n1.Cc1ncc(C[n+]2csc(CCO)c2C)c(N)n1.[nH]1os1. The third-order valence-electron chi connectivity index (χ3n) is 5.79. The van der Waals surface area contributed by atoms with Crippen LogP contribution >= 0.6 is 34.5 Å². The van der Waals surface area contributed by atoms with Gasteiger partial charge < -0.3 is 21.7 Å². The first-order chi connectivity index (χ1) is 18.7. The van der Waals surface area contributed by atoms with Crippen molar-refractivity contribution in [1.82, 2.24) is 24.5 Å². The second-order valence-corrected chi connectivity index (χ2v) is 11.0. The second kappa shape index (κ2) is 14.8. The molecule has 0 spiro atoms. The molecule has 0 aliphatic heterocycles. The monoisotopic (exact) mass is 593 g/mol. The van der Waals surface area contributed by atoms with Crippen molar-refractivity contribution in [3.8, 4) is 0 Å². The smallest absolute Gasteiger partial charge is 0.225 e. The molecule has 15 heteroatoms. The van der Waals surface area contributed by atoms with Crippen LogP contribution in [-0.2, 0) is 25.9 Å². The summed E-state index contributed by atoms with van der Waals surface area (Å²) in [4.78, 5) is 19.1. The summed E-state index contributed by atoms with van der Waals surface area (Å²) in [5, 5.41) is 18.0. The molecule has 5 heterocycles. The number of nitrogens with two attached hydrogens (primary N) is 2. The van der Waals surface area contributed by atoms with E-state index in [4.69, 9.17) is 21.7 Å². The maximum absolute atomic E-state index is 8.98. The fourth-order valence-corrected chi connectivity index (χ4v) is 5.50. The number of aromatic amines is 1. The predicted octanol–water partition coefficient (Wildman–Crippen LogP) is 1.88. The van der Waals surface area contributed by atoms with Crippen LogP contribution in [0.2, 0.25) is 0 Å². The van der Waals surface area contributed by atoms with Gasteiger partial charge in [-0.05, 0) is 13.8 Å². The summed E-state index contributed by atoms with van der Waals surface area (Å²) >= 11 is 4.55. The molecule has 0 amide bonds. The number of aliphatic hydroxyl groups is 2. The molecule has 0 atom stereocenters. The van der Waals surface area contributed by atoms with Gasteiger partial charge >= 0.3 is 0 Å².